The molecule has 2 aromatic rings. The summed E-state index contributed by atoms with van der Waals surface area (Å²) >= 11 is 1.81. The summed E-state index contributed by atoms with van der Waals surface area (Å²) < 4.78 is 0. The van der Waals surface area contributed by atoms with Crippen molar-refractivity contribution in [1.29, 1.82) is 0 Å². The molecule has 0 aliphatic rings. The fraction of sp³-hybridized carbons (Fsp3) is 0.471. The average molecular weight is 288 g/mol. The number of nitrogens with zero attached hydrogens (tertiary/aromatic N) is 1. The summed E-state index contributed by atoms with van der Waals surface area (Å²) in [5, 5.41) is 4.37. The van der Waals surface area contributed by atoms with Crippen molar-refractivity contribution in [2.75, 3.05) is 7.05 Å². The van der Waals surface area contributed by atoms with Gasteiger partial charge in [0, 0.05) is 17.0 Å². The van der Waals surface area contributed by atoms with Crippen LogP contribution in [-0.4, -0.2) is 12.0 Å². The molecule has 0 bridgehead atoms. The van der Waals surface area contributed by atoms with Crippen molar-refractivity contribution < 1.29 is 0 Å². The van der Waals surface area contributed by atoms with Gasteiger partial charge in [0.2, 0.25) is 0 Å². The van der Waals surface area contributed by atoms with E-state index in [0.29, 0.717) is 11.8 Å². The summed E-state index contributed by atoms with van der Waals surface area (Å²) in [6.07, 6.45) is 0. The predicted molar refractivity (Wildman–Crippen MR) is 88.5 cm³/mol. The molecule has 1 aromatic carbocycles. The molecule has 2 rings (SSSR count). The summed E-state index contributed by atoms with van der Waals surface area (Å²) in [5.74, 6) is 1.05. The molecule has 20 heavy (non-hydrogen) atoms. The van der Waals surface area contributed by atoms with Gasteiger partial charge in [-0.25, -0.2) is 4.98 Å². The van der Waals surface area contributed by atoms with Gasteiger partial charge in [-0.3, -0.25) is 0 Å². The summed E-state index contributed by atoms with van der Waals surface area (Å²) in [6, 6.07) is 8.82. The molecule has 0 amide bonds. The lowest BCUT2D eigenvalue weighted by atomic mass is 10.0. The lowest BCUT2D eigenvalue weighted by Gasteiger charge is -2.05. The van der Waals surface area contributed by atoms with Crippen LogP contribution in [0.3, 0.4) is 0 Å². The van der Waals surface area contributed by atoms with Crippen LogP contribution in [-0.2, 0) is 6.54 Å². The molecule has 1 aromatic heterocycles. The third-order valence-electron chi connectivity index (χ3n) is 3.44. The molecule has 0 atom stereocenters. The molecular formula is C17H24N2S. The molecule has 0 saturated heterocycles. The summed E-state index contributed by atoms with van der Waals surface area (Å²) in [7, 11) is 1.99. The summed E-state index contributed by atoms with van der Waals surface area (Å²) in [6.45, 7) is 9.76. The van der Waals surface area contributed by atoms with Crippen molar-refractivity contribution in [3.05, 3.63) is 40.4 Å². The Kier molecular flexibility index (Phi) is 4.95. The van der Waals surface area contributed by atoms with Crippen LogP contribution in [0.15, 0.2) is 24.3 Å². The van der Waals surface area contributed by atoms with Crippen LogP contribution in [0.4, 0.5) is 0 Å². The lowest BCUT2D eigenvalue weighted by Crippen LogP contribution is -2.06. The van der Waals surface area contributed by atoms with Crippen LogP contribution in [0, 0.1) is 0 Å². The van der Waals surface area contributed by atoms with Gasteiger partial charge in [0.1, 0.15) is 5.01 Å². The zero-order chi connectivity index (χ0) is 14.7. The van der Waals surface area contributed by atoms with E-state index in [4.69, 9.17) is 4.98 Å². The second kappa shape index (κ2) is 6.51. The standard InChI is InChI=1S/C17H24N2S/c1-11(2)13-6-8-14(9-7-13)17-19-16(12(3)4)15(20-17)10-18-5/h6-9,11-12,18H,10H2,1-5H3. The second-order valence-corrected chi connectivity index (χ2v) is 6.87. The number of hydrogen-bond acceptors (Lipinski definition) is 3. The minimum Gasteiger partial charge on any atom is -0.315 e. The second-order valence-electron chi connectivity index (χ2n) is 5.79. The molecule has 0 aliphatic carbocycles. The van der Waals surface area contributed by atoms with Crippen molar-refractivity contribution in [2.24, 2.45) is 0 Å². The topological polar surface area (TPSA) is 24.9 Å². The molecule has 1 heterocycles. The Morgan fingerprint density at radius 3 is 2.20 bits per heavy atom. The zero-order valence-corrected chi connectivity index (χ0v) is 13.8. The number of benzene rings is 1. The molecule has 0 spiro atoms. The Labute approximate surface area is 126 Å². The minimum absolute atomic E-state index is 0.471. The smallest absolute Gasteiger partial charge is 0.123 e. The Hall–Kier alpha value is -1.19. The van der Waals surface area contributed by atoms with Crippen LogP contribution in [0.5, 0.6) is 0 Å². The van der Waals surface area contributed by atoms with E-state index in [1.165, 1.54) is 21.7 Å². The van der Waals surface area contributed by atoms with Crippen molar-refractivity contribution in [2.45, 2.75) is 46.1 Å². The molecule has 1 N–H and O–H groups in total. The summed E-state index contributed by atoms with van der Waals surface area (Å²) in [5.41, 5.74) is 3.83. The van der Waals surface area contributed by atoms with Crippen LogP contribution in [0.1, 0.15) is 55.7 Å². The van der Waals surface area contributed by atoms with Gasteiger partial charge >= 0.3 is 0 Å². The SMILES string of the molecule is CNCc1sc(-c2ccc(C(C)C)cc2)nc1C(C)C. The van der Waals surface area contributed by atoms with E-state index in [1.807, 2.05) is 7.05 Å². The maximum absolute atomic E-state index is 4.85. The van der Waals surface area contributed by atoms with Gasteiger partial charge in [-0.1, -0.05) is 52.0 Å². The molecule has 0 fully saturated rings. The Morgan fingerprint density at radius 1 is 1.05 bits per heavy atom. The highest BCUT2D eigenvalue weighted by atomic mass is 32.1. The Morgan fingerprint density at radius 2 is 1.70 bits per heavy atom. The quantitative estimate of drug-likeness (QED) is 0.856. The molecule has 0 aliphatic heterocycles. The zero-order valence-electron chi connectivity index (χ0n) is 13.0. The molecule has 0 radical (unpaired) electrons. The third-order valence-corrected chi connectivity index (χ3v) is 4.56. The van der Waals surface area contributed by atoms with Gasteiger partial charge < -0.3 is 5.32 Å². The molecular weight excluding hydrogens is 264 g/mol. The minimum atomic E-state index is 0.471. The fourth-order valence-electron chi connectivity index (χ4n) is 2.24. The molecule has 0 unspecified atom stereocenters. The molecule has 3 heteroatoms. The van der Waals surface area contributed by atoms with E-state index >= 15 is 0 Å². The number of hydrogen-bond donors (Lipinski definition) is 1. The highest BCUT2D eigenvalue weighted by Gasteiger charge is 2.14. The Balaban J connectivity index is 2.34. The normalized spacial score (nSPS) is 11.6. The molecule has 2 nitrogen and oxygen atoms in total. The first-order valence-corrected chi connectivity index (χ1v) is 8.09. The van der Waals surface area contributed by atoms with Crippen LogP contribution in [0.25, 0.3) is 10.6 Å². The van der Waals surface area contributed by atoms with E-state index in [1.54, 1.807) is 11.3 Å². The van der Waals surface area contributed by atoms with E-state index in [-0.39, 0.29) is 0 Å². The highest BCUT2D eigenvalue weighted by Crippen LogP contribution is 2.32. The van der Waals surface area contributed by atoms with Crippen molar-refractivity contribution in [3.63, 3.8) is 0 Å². The number of aromatic nitrogens is 1. The van der Waals surface area contributed by atoms with E-state index in [2.05, 4.69) is 57.3 Å². The first kappa shape index (κ1) is 15.2. The van der Waals surface area contributed by atoms with Crippen LogP contribution in [0.2, 0.25) is 0 Å². The van der Waals surface area contributed by atoms with E-state index in [9.17, 15) is 0 Å². The van der Waals surface area contributed by atoms with Gasteiger partial charge in [-0.05, 0) is 24.4 Å². The Bertz CT molecular complexity index is 553. The van der Waals surface area contributed by atoms with Gasteiger partial charge in [-0.15, -0.1) is 11.3 Å². The fourth-order valence-corrected chi connectivity index (χ4v) is 3.47. The molecule has 108 valence electrons. The van der Waals surface area contributed by atoms with Crippen molar-refractivity contribution in [3.8, 4) is 10.6 Å². The number of nitrogens with one attached hydrogen (secondary N) is 1. The lowest BCUT2D eigenvalue weighted by molar-refractivity contribution is 0.771. The van der Waals surface area contributed by atoms with Crippen molar-refractivity contribution in [1.82, 2.24) is 10.3 Å². The predicted octanol–water partition coefficient (Wildman–Crippen LogP) is 4.78. The van der Waals surface area contributed by atoms with Gasteiger partial charge in [0.15, 0.2) is 0 Å². The van der Waals surface area contributed by atoms with Crippen LogP contribution >= 0.6 is 11.3 Å². The maximum atomic E-state index is 4.85. The first-order chi connectivity index (χ1) is 9.52. The van der Waals surface area contributed by atoms with Gasteiger partial charge in [-0.2, -0.15) is 0 Å². The van der Waals surface area contributed by atoms with Gasteiger partial charge in [0.25, 0.3) is 0 Å². The van der Waals surface area contributed by atoms with Crippen molar-refractivity contribution >= 4 is 11.3 Å². The average Bonchev–Trinajstić information content (AvgIpc) is 2.83. The summed E-state index contributed by atoms with van der Waals surface area (Å²) in [4.78, 5) is 6.20. The maximum Gasteiger partial charge on any atom is 0.123 e. The number of rotatable bonds is 5. The molecule has 0 saturated carbocycles. The van der Waals surface area contributed by atoms with Crippen LogP contribution < -0.4 is 5.32 Å². The van der Waals surface area contributed by atoms with Gasteiger partial charge in [0.05, 0.1) is 5.69 Å². The monoisotopic (exact) mass is 288 g/mol. The first-order valence-electron chi connectivity index (χ1n) is 7.27. The third kappa shape index (κ3) is 3.28. The van der Waals surface area contributed by atoms with E-state index in [0.717, 1.165) is 11.6 Å². The van der Waals surface area contributed by atoms with E-state index < -0.39 is 0 Å². The highest BCUT2D eigenvalue weighted by molar-refractivity contribution is 7.15. The largest absolute Gasteiger partial charge is 0.315 e. The number of thiazole rings is 1.